The Morgan fingerprint density at radius 3 is 2.09 bits per heavy atom. The average Bonchev–Trinajstić information content (AvgIpc) is 2.85. The van der Waals surface area contributed by atoms with Crippen LogP contribution in [0.1, 0.15) is 50.1 Å². The number of carbonyl (C=O) groups is 1. The maximum Gasteiger partial charge on any atom is 0.320 e. The Labute approximate surface area is 207 Å². The summed E-state index contributed by atoms with van der Waals surface area (Å²) in [6.45, 7) is 4.43. The van der Waals surface area contributed by atoms with Crippen LogP contribution in [-0.2, 0) is 24.3 Å². The van der Waals surface area contributed by atoms with E-state index in [1.54, 1.807) is 49.6 Å². The van der Waals surface area contributed by atoms with Crippen molar-refractivity contribution < 1.29 is 33.4 Å². The standard InChI is InChI=1S/C15H13FN3O2.C11H17.Zn/c16-10-7-4-8-11-13(10)18-12(9-5-2-1-3-6-9)14(20)15(17)19(11)21;1-11-5-8-2-9(6-11)4-10(3-8)7-11;/h1-8,12,15,18H,17H2;8-10H,1-7H2;/q+1;-1;. The van der Waals surface area contributed by atoms with Gasteiger partial charge >= 0.3 is 6.17 Å². The molecule has 2 aromatic rings. The molecule has 0 aromatic heterocycles. The van der Waals surface area contributed by atoms with E-state index in [2.05, 4.69) is 12.2 Å². The predicted octanol–water partition coefficient (Wildman–Crippen LogP) is 5.29. The van der Waals surface area contributed by atoms with Gasteiger partial charge in [0.25, 0.3) is 5.69 Å². The average molecular weight is 501 g/mol. The van der Waals surface area contributed by atoms with Gasteiger partial charge in [0, 0.05) is 30.5 Å². The Morgan fingerprint density at radius 2 is 1.55 bits per heavy atom. The minimum atomic E-state index is -1.38. The first kappa shape index (κ1) is 24.2. The number of nitrogens with zero attached hydrogens (tertiary/aromatic N) is 1. The molecule has 7 rings (SSSR count). The Bertz CT molecular complexity index is 1010. The van der Waals surface area contributed by atoms with Crippen LogP contribution in [0.5, 0.6) is 0 Å². The van der Waals surface area contributed by atoms with Gasteiger partial charge in [0.15, 0.2) is 5.82 Å². The largest absolute Gasteiger partial charge is 0.363 e. The number of halogens is 1. The maximum atomic E-state index is 14.0. The van der Waals surface area contributed by atoms with Crippen molar-refractivity contribution in [2.24, 2.45) is 28.9 Å². The molecule has 0 spiro atoms. The number of rotatable bonds is 1. The summed E-state index contributed by atoms with van der Waals surface area (Å²) in [5.74, 6) is 2.14. The topological polar surface area (TPSA) is 75.2 Å². The van der Waals surface area contributed by atoms with Crippen molar-refractivity contribution in [2.45, 2.75) is 50.7 Å². The van der Waals surface area contributed by atoms with E-state index >= 15 is 0 Å². The smallest absolute Gasteiger partial charge is 0.320 e. The zero-order valence-electron chi connectivity index (χ0n) is 18.9. The van der Waals surface area contributed by atoms with Crippen molar-refractivity contribution >= 4 is 17.2 Å². The van der Waals surface area contributed by atoms with E-state index in [9.17, 15) is 14.1 Å². The number of anilines is 1. The van der Waals surface area contributed by atoms with E-state index in [1.807, 2.05) is 0 Å². The third kappa shape index (κ3) is 4.67. The number of para-hydroxylation sites is 1. The first-order chi connectivity index (χ1) is 15.3. The number of hydrogen-bond donors (Lipinski definition) is 2. The van der Waals surface area contributed by atoms with Gasteiger partial charge in [-0.15, -0.1) is 0 Å². The molecule has 0 amide bonds. The molecule has 4 saturated carbocycles. The van der Waals surface area contributed by atoms with Crippen molar-refractivity contribution in [3.8, 4) is 0 Å². The molecule has 4 fully saturated rings. The molecule has 2 unspecified atom stereocenters. The van der Waals surface area contributed by atoms with Crippen LogP contribution in [0.3, 0.4) is 0 Å². The van der Waals surface area contributed by atoms with E-state index in [-0.39, 0.29) is 30.9 Å². The maximum absolute atomic E-state index is 14.0. The van der Waals surface area contributed by atoms with Crippen LogP contribution in [0.15, 0.2) is 48.5 Å². The minimum absolute atomic E-state index is 0. The first-order valence-electron chi connectivity index (χ1n) is 11.5. The summed E-state index contributed by atoms with van der Waals surface area (Å²) in [4.78, 5) is 24.5. The van der Waals surface area contributed by atoms with Crippen molar-refractivity contribution in [3.05, 3.63) is 71.7 Å². The van der Waals surface area contributed by atoms with Gasteiger partial charge in [-0.1, -0.05) is 55.7 Å². The van der Waals surface area contributed by atoms with Crippen LogP contribution in [0.25, 0.3) is 0 Å². The summed E-state index contributed by atoms with van der Waals surface area (Å²) in [6, 6.07) is 12.0. The van der Waals surface area contributed by atoms with Gasteiger partial charge in [0.1, 0.15) is 11.7 Å². The van der Waals surface area contributed by atoms with Crippen LogP contribution in [0.4, 0.5) is 15.8 Å². The number of nitrogens with two attached hydrogens (primary N) is 1. The fourth-order valence-electron chi connectivity index (χ4n) is 6.67. The number of ketones is 1. The van der Waals surface area contributed by atoms with Crippen LogP contribution >= 0.6 is 0 Å². The third-order valence-corrected chi connectivity index (χ3v) is 7.64. The second-order valence-electron chi connectivity index (χ2n) is 10.2. The minimum Gasteiger partial charge on any atom is -0.363 e. The van der Waals surface area contributed by atoms with Gasteiger partial charge in [-0.25, -0.2) is 4.39 Å². The van der Waals surface area contributed by atoms with E-state index in [1.165, 1.54) is 37.5 Å². The molecule has 1 aliphatic heterocycles. The number of benzene rings is 2. The molecule has 7 heteroatoms. The van der Waals surface area contributed by atoms with Gasteiger partial charge in [0.2, 0.25) is 5.78 Å². The Kier molecular flexibility index (Phi) is 6.84. The second kappa shape index (κ2) is 9.34. The quantitative estimate of drug-likeness (QED) is 0.317. The van der Waals surface area contributed by atoms with Crippen molar-refractivity contribution in [1.82, 2.24) is 0 Å². The van der Waals surface area contributed by atoms with Gasteiger partial charge in [-0.3, -0.25) is 10.5 Å². The fraction of sp³-hybridized carbons (Fsp3) is 0.462. The van der Waals surface area contributed by atoms with E-state index < -0.39 is 23.8 Å². The van der Waals surface area contributed by atoms with Gasteiger partial charge in [0.05, 0.1) is 4.76 Å². The predicted molar refractivity (Wildman–Crippen MR) is 121 cm³/mol. The molecule has 1 heterocycles. The first-order valence-corrected chi connectivity index (χ1v) is 11.5. The van der Waals surface area contributed by atoms with E-state index in [0.29, 0.717) is 15.7 Å². The SMILES string of the molecule is NC1C(=O)C(c2ccccc2)Nc2c(F)cccc2[N+]1=O.[CH2-]C12CC3CC(CC(C3)C1)C2.[Zn]. The molecular weight excluding hydrogens is 471 g/mol. The molecule has 4 bridgehead atoms. The van der Waals surface area contributed by atoms with Crippen molar-refractivity contribution in [1.29, 1.82) is 0 Å². The molecular formula is C26H30FN3O2Zn. The number of Topliss-reactive ketones (excluding diaryl/α,β-unsaturated/α-hetero) is 1. The molecule has 33 heavy (non-hydrogen) atoms. The molecule has 5 nitrogen and oxygen atoms in total. The van der Waals surface area contributed by atoms with Crippen LogP contribution < -0.4 is 11.1 Å². The summed E-state index contributed by atoms with van der Waals surface area (Å²) < 4.78 is 14.3. The monoisotopic (exact) mass is 499 g/mol. The zero-order chi connectivity index (χ0) is 22.5. The Morgan fingerprint density at radius 1 is 0.970 bits per heavy atom. The van der Waals surface area contributed by atoms with Crippen LogP contribution in [-0.4, -0.2) is 16.7 Å². The fourth-order valence-corrected chi connectivity index (χ4v) is 6.67. The Balaban J connectivity index is 0.000000181. The molecule has 5 aliphatic rings. The number of nitroso groups, excluding NO2 is 1. The normalized spacial score (nSPS) is 33.7. The number of hydrogen-bond acceptors (Lipinski definition) is 4. The molecule has 0 radical (unpaired) electrons. The summed E-state index contributed by atoms with van der Waals surface area (Å²) in [5, 5.41) is 2.81. The Hall–Kier alpha value is -1.98. The third-order valence-electron chi connectivity index (χ3n) is 7.64. The summed E-state index contributed by atoms with van der Waals surface area (Å²) in [5.41, 5.74) is 6.90. The van der Waals surface area contributed by atoms with Gasteiger partial charge < -0.3 is 12.2 Å². The summed E-state index contributed by atoms with van der Waals surface area (Å²) >= 11 is 0. The van der Waals surface area contributed by atoms with Crippen molar-refractivity contribution in [2.75, 3.05) is 5.32 Å². The van der Waals surface area contributed by atoms with Gasteiger partial charge in [-0.05, 0) is 48.6 Å². The number of carbonyl (C=O) groups excluding carboxylic acids is 1. The molecule has 2 atom stereocenters. The molecule has 0 saturated heterocycles. The summed E-state index contributed by atoms with van der Waals surface area (Å²) in [6.07, 6.45) is 7.64. The van der Waals surface area contributed by atoms with E-state index in [0.717, 1.165) is 17.8 Å². The number of fused-ring (bicyclic) bond motifs is 1. The molecule has 170 valence electrons. The van der Waals surface area contributed by atoms with Crippen molar-refractivity contribution in [3.63, 3.8) is 0 Å². The van der Waals surface area contributed by atoms with Crippen LogP contribution in [0, 0.1) is 40.8 Å². The summed E-state index contributed by atoms with van der Waals surface area (Å²) in [7, 11) is 0. The van der Waals surface area contributed by atoms with Gasteiger partial charge in [-0.2, -0.15) is 5.41 Å². The van der Waals surface area contributed by atoms with E-state index in [4.69, 9.17) is 5.73 Å². The van der Waals surface area contributed by atoms with Crippen LogP contribution in [0.2, 0.25) is 0 Å². The zero-order valence-corrected chi connectivity index (χ0v) is 21.8. The second-order valence-corrected chi connectivity index (χ2v) is 10.2. The molecule has 3 N–H and O–H groups in total. The molecule has 2 aromatic carbocycles. The molecule has 4 aliphatic carbocycles. The number of nitrogens with one attached hydrogen (secondary N) is 1.